The summed E-state index contributed by atoms with van der Waals surface area (Å²) in [6, 6.07) is 10.9. The number of aryl methyl sites for hydroxylation is 1. The van der Waals surface area contributed by atoms with E-state index in [1.54, 1.807) is 30.4 Å². The van der Waals surface area contributed by atoms with E-state index < -0.39 is 12.1 Å². The van der Waals surface area contributed by atoms with Crippen LogP contribution in [0.2, 0.25) is 5.02 Å². The van der Waals surface area contributed by atoms with Gasteiger partial charge in [-0.1, -0.05) is 23.7 Å². The number of carbonyl (C=O) groups excluding carboxylic acids is 2. The van der Waals surface area contributed by atoms with Gasteiger partial charge >= 0.3 is 12.1 Å². The Morgan fingerprint density at radius 1 is 1.13 bits per heavy atom. The van der Waals surface area contributed by atoms with E-state index in [-0.39, 0.29) is 18.0 Å². The van der Waals surface area contributed by atoms with Crippen molar-refractivity contribution in [1.29, 1.82) is 0 Å². The van der Waals surface area contributed by atoms with Gasteiger partial charge in [-0.15, -0.1) is 0 Å². The van der Waals surface area contributed by atoms with E-state index >= 15 is 0 Å². The Labute approximate surface area is 182 Å². The van der Waals surface area contributed by atoms with Gasteiger partial charge in [0.25, 0.3) is 0 Å². The zero-order valence-electron chi connectivity index (χ0n) is 16.8. The molecule has 2 N–H and O–H groups in total. The van der Waals surface area contributed by atoms with Gasteiger partial charge in [0.2, 0.25) is 5.91 Å². The summed E-state index contributed by atoms with van der Waals surface area (Å²) in [6.07, 6.45) is -4.28. The summed E-state index contributed by atoms with van der Waals surface area (Å²) in [6.45, 7) is 3.86. The van der Waals surface area contributed by atoms with Crippen molar-refractivity contribution < 1.29 is 27.5 Å². The highest BCUT2D eigenvalue weighted by Gasteiger charge is 2.38. The van der Waals surface area contributed by atoms with Crippen molar-refractivity contribution in [1.82, 2.24) is 5.43 Å². The normalized spacial score (nSPS) is 11.7. The summed E-state index contributed by atoms with van der Waals surface area (Å²) >= 11 is 5.89. The molecule has 0 atom stereocenters. The minimum absolute atomic E-state index is 0.00108. The van der Waals surface area contributed by atoms with Crippen LogP contribution in [-0.4, -0.2) is 30.3 Å². The molecular weight excluding hydrogens is 435 g/mol. The molecule has 166 valence electrons. The molecule has 2 aromatic rings. The Morgan fingerprint density at radius 2 is 1.81 bits per heavy atom. The fourth-order valence-electron chi connectivity index (χ4n) is 2.45. The van der Waals surface area contributed by atoms with E-state index in [9.17, 15) is 22.8 Å². The molecule has 0 unspecified atom stereocenters. The third-order valence-electron chi connectivity index (χ3n) is 4.11. The predicted molar refractivity (Wildman–Crippen MR) is 112 cm³/mol. The minimum Gasteiger partial charge on any atom is -0.493 e. The molecule has 0 spiro atoms. The first-order chi connectivity index (χ1) is 14.6. The zero-order valence-corrected chi connectivity index (χ0v) is 17.6. The van der Waals surface area contributed by atoms with Crippen molar-refractivity contribution in [2.75, 3.05) is 11.9 Å². The molecule has 0 bridgehead atoms. The van der Waals surface area contributed by atoms with Crippen LogP contribution in [-0.2, 0) is 9.59 Å². The lowest BCUT2D eigenvalue weighted by molar-refractivity contribution is -0.167. The van der Waals surface area contributed by atoms with Crippen molar-refractivity contribution >= 4 is 34.8 Å². The Morgan fingerprint density at radius 3 is 2.42 bits per heavy atom. The van der Waals surface area contributed by atoms with E-state index in [4.69, 9.17) is 16.3 Å². The Balaban J connectivity index is 1.78. The number of nitrogens with zero attached hydrogens (tertiary/aromatic N) is 1. The van der Waals surface area contributed by atoms with E-state index in [1.807, 2.05) is 6.92 Å². The van der Waals surface area contributed by atoms with Gasteiger partial charge in [-0.3, -0.25) is 9.59 Å². The lowest BCUT2D eigenvalue weighted by Crippen LogP contribution is -2.29. The second-order valence-electron chi connectivity index (χ2n) is 6.62. The highest BCUT2D eigenvalue weighted by atomic mass is 35.5. The number of hydrogen-bond acceptors (Lipinski definition) is 4. The van der Waals surface area contributed by atoms with E-state index in [2.05, 4.69) is 10.5 Å². The van der Waals surface area contributed by atoms with Crippen LogP contribution in [0, 0.1) is 6.92 Å². The molecule has 31 heavy (non-hydrogen) atoms. The van der Waals surface area contributed by atoms with E-state index in [1.165, 1.54) is 24.3 Å². The van der Waals surface area contributed by atoms with E-state index in [0.717, 1.165) is 5.56 Å². The largest absolute Gasteiger partial charge is 0.493 e. The summed E-state index contributed by atoms with van der Waals surface area (Å²) in [4.78, 5) is 22.9. The van der Waals surface area contributed by atoms with Crippen LogP contribution in [0.15, 0.2) is 47.6 Å². The quantitative estimate of drug-likeness (QED) is 0.339. The highest BCUT2D eigenvalue weighted by molar-refractivity contribution is 6.30. The molecule has 2 rings (SSSR count). The van der Waals surface area contributed by atoms with Crippen molar-refractivity contribution in [3.63, 3.8) is 0 Å². The molecule has 0 saturated heterocycles. The highest BCUT2D eigenvalue weighted by Crippen LogP contribution is 2.22. The lowest BCUT2D eigenvalue weighted by atomic mass is 10.1. The number of ether oxygens (including phenoxy) is 1. The molecule has 2 aromatic carbocycles. The Kier molecular flexibility index (Phi) is 8.44. The van der Waals surface area contributed by atoms with Crippen LogP contribution in [0.3, 0.4) is 0 Å². The van der Waals surface area contributed by atoms with Gasteiger partial charge in [-0.05, 0) is 61.7 Å². The number of alkyl halides is 3. The standard InChI is InChI=1S/C21H21ClF3N3O3/c1-13-12-16(22)7-10-18(13)31-11-3-4-19(29)28-27-14(2)15-5-8-17(9-6-15)26-20(30)21(23,24)25/h5-10,12H,3-4,11H2,1-2H3,(H,26,30)(H,28,29)/b27-14-. The van der Waals surface area contributed by atoms with Crippen molar-refractivity contribution in [3.05, 3.63) is 58.6 Å². The van der Waals surface area contributed by atoms with Crippen molar-refractivity contribution in [3.8, 4) is 5.75 Å². The maximum Gasteiger partial charge on any atom is 0.471 e. The van der Waals surface area contributed by atoms with Crippen LogP contribution in [0.25, 0.3) is 0 Å². The van der Waals surface area contributed by atoms with E-state index in [0.29, 0.717) is 35.1 Å². The molecule has 0 aliphatic carbocycles. The molecule has 0 aliphatic rings. The van der Waals surface area contributed by atoms with Gasteiger partial charge in [0.15, 0.2) is 0 Å². The van der Waals surface area contributed by atoms with Gasteiger partial charge in [-0.2, -0.15) is 18.3 Å². The number of rotatable bonds is 8. The number of carbonyl (C=O) groups is 2. The number of anilines is 1. The molecule has 0 saturated carbocycles. The maximum absolute atomic E-state index is 12.3. The van der Waals surface area contributed by atoms with Gasteiger partial charge in [0.1, 0.15) is 5.75 Å². The lowest BCUT2D eigenvalue weighted by Gasteiger charge is -2.09. The molecule has 0 aromatic heterocycles. The number of nitrogens with one attached hydrogen (secondary N) is 2. The summed E-state index contributed by atoms with van der Waals surface area (Å²) in [5.74, 6) is -1.65. The molecule has 0 radical (unpaired) electrons. The molecule has 6 nitrogen and oxygen atoms in total. The second-order valence-corrected chi connectivity index (χ2v) is 7.06. The van der Waals surface area contributed by atoms with Gasteiger partial charge in [0, 0.05) is 17.1 Å². The number of benzene rings is 2. The third kappa shape index (κ3) is 7.93. The van der Waals surface area contributed by atoms with Gasteiger partial charge in [-0.25, -0.2) is 5.43 Å². The molecule has 0 aliphatic heterocycles. The third-order valence-corrected chi connectivity index (χ3v) is 4.34. The fraction of sp³-hybridized carbons (Fsp3) is 0.286. The first-order valence-corrected chi connectivity index (χ1v) is 9.65. The smallest absolute Gasteiger partial charge is 0.471 e. The Hall–Kier alpha value is -3.07. The molecule has 0 heterocycles. The molecule has 0 fully saturated rings. The first-order valence-electron chi connectivity index (χ1n) is 9.27. The number of amides is 2. The molecule has 10 heteroatoms. The van der Waals surface area contributed by atoms with Gasteiger partial charge in [0.05, 0.1) is 12.3 Å². The first kappa shape index (κ1) is 24.2. The fourth-order valence-corrected chi connectivity index (χ4v) is 2.68. The van der Waals surface area contributed by atoms with Crippen LogP contribution in [0.1, 0.15) is 30.9 Å². The van der Waals surface area contributed by atoms with Gasteiger partial charge < -0.3 is 10.1 Å². The molecular formula is C21H21ClF3N3O3. The minimum atomic E-state index is -4.96. The van der Waals surface area contributed by atoms with Crippen molar-refractivity contribution in [2.24, 2.45) is 5.10 Å². The SMILES string of the molecule is C/C(=N/NC(=O)CCCOc1ccc(Cl)cc1C)c1ccc(NC(=O)C(F)(F)F)cc1. The number of hydrogen-bond donors (Lipinski definition) is 2. The summed E-state index contributed by atoms with van der Waals surface area (Å²) in [5, 5.41) is 6.36. The number of halogens is 4. The average Bonchev–Trinajstić information content (AvgIpc) is 2.70. The van der Waals surface area contributed by atoms with Crippen LogP contribution in [0.5, 0.6) is 5.75 Å². The zero-order chi connectivity index (χ0) is 23.0. The summed E-state index contributed by atoms with van der Waals surface area (Å²) in [5.41, 5.74) is 4.36. The van der Waals surface area contributed by atoms with Crippen LogP contribution < -0.4 is 15.5 Å². The summed E-state index contributed by atoms with van der Waals surface area (Å²) in [7, 11) is 0. The number of hydrazone groups is 1. The van der Waals surface area contributed by atoms with Crippen molar-refractivity contribution in [2.45, 2.75) is 32.9 Å². The summed E-state index contributed by atoms with van der Waals surface area (Å²) < 4.78 is 42.4. The maximum atomic E-state index is 12.3. The van der Waals surface area contributed by atoms with Crippen LogP contribution >= 0.6 is 11.6 Å². The second kappa shape index (κ2) is 10.8. The Bertz CT molecular complexity index is 961. The monoisotopic (exact) mass is 455 g/mol. The molecule has 2 amide bonds. The predicted octanol–water partition coefficient (Wildman–Crippen LogP) is 4.85. The topological polar surface area (TPSA) is 79.8 Å². The average molecular weight is 456 g/mol. The van der Waals surface area contributed by atoms with Crippen LogP contribution in [0.4, 0.5) is 18.9 Å².